The Hall–Kier alpha value is -1.15. The van der Waals surface area contributed by atoms with Gasteiger partial charge in [-0.25, -0.2) is 13.1 Å². The van der Waals surface area contributed by atoms with Crippen LogP contribution in [0.1, 0.15) is 0 Å². The molecule has 0 aliphatic carbocycles. The average Bonchev–Trinajstić information content (AvgIpc) is 2.39. The van der Waals surface area contributed by atoms with Crippen LogP contribution >= 0.6 is 0 Å². The second kappa shape index (κ2) is 6.69. The highest BCUT2D eigenvalue weighted by molar-refractivity contribution is 7.89. The molecule has 0 aliphatic rings. The van der Waals surface area contributed by atoms with Gasteiger partial charge in [0.1, 0.15) is 0 Å². The summed E-state index contributed by atoms with van der Waals surface area (Å²) in [7, 11) is -2.08. The van der Waals surface area contributed by atoms with Gasteiger partial charge in [-0.15, -0.1) is 0 Å². The second-order valence-corrected chi connectivity index (χ2v) is 5.52. The van der Waals surface area contributed by atoms with Crippen molar-refractivity contribution in [3.05, 3.63) is 24.3 Å². The lowest BCUT2D eigenvalue weighted by atomic mass is 10.3. The summed E-state index contributed by atoms with van der Waals surface area (Å²) in [5.74, 6) is 0. The molecule has 0 fully saturated rings. The van der Waals surface area contributed by atoms with Crippen molar-refractivity contribution >= 4 is 15.7 Å². The fourth-order valence-electron chi connectivity index (χ4n) is 1.57. The molecule has 1 rings (SSSR count). The third-order valence-corrected chi connectivity index (χ3v) is 3.95. The summed E-state index contributed by atoms with van der Waals surface area (Å²) < 4.78 is 25.3. The Morgan fingerprint density at radius 3 is 2.00 bits per heavy atom. The number of nitrogens with one attached hydrogen (secondary N) is 1. The van der Waals surface area contributed by atoms with Gasteiger partial charge in [0.05, 0.1) is 18.1 Å². The van der Waals surface area contributed by atoms with Gasteiger partial charge in [-0.1, -0.05) is 0 Å². The number of hydrogen-bond acceptors (Lipinski definition) is 5. The van der Waals surface area contributed by atoms with Gasteiger partial charge in [-0.05, 0) is 31.3 Å². The number of benzene rings is 1. The molecule has 102 valence electrons. The van der Waals surface area contributed by atoms with E-state index in [0.717, 1.165) is 5.69 Å². The molecule has 0 bridgehead atoms. The third-order valence-electron chi connectivity index (χ3n) is 2.52. The van der Waals surface area contributed by atoms with Crippen LogP contribution in [0, 0.1) is 0 Å². The van der Waals surface area contributed by atoms with Crippen LogP contribution < -0.4 is 9.62 Å². The maximum absolute atomic E-state index is 11.5. The lowest BCUT2D eigenvalue weighted by molar-refractivity contribution is 0.281. The molecule has 1 aromatic rings. The van der Waals surface area contributed by atoms with Crippen LogP contribution in [0.3, 0.4) is 0 Å². The summed E-state index contributed by atoms with van der Waals surface area (Å²) >= 11 is 0. The van der Waals surface area contributed by atoms with Crippen molar-refractivity contribution in [1.82, 2.24) is 4.72 Å². The minimum absolute atomic E-state index is 0.0312. The van der Waals surface area contributed by atoms with Crippen LogP contribution in [0.2, 0.25) is 0 Å². The van der Waals surface area contributed by atoms with Crippen molar-refractivity contribution in [3.8, 4) is 0 Å². The van der Waals surface area contributed by atoms with E-state index in [0.29, 0.717) is 13.1 Å². The van der Waals surface area contributed by atoms with Crippen molar-refractivity contribution in [1.29, 1.82) is 0 Å². The summed E-state index contributed by atoms with van der Waals surface area (Å²) in [5, 5.41) is 17.8. The van der Waals surface area contributed by atoms with Gasteiger partial charge < -0.3 is 15.1 Å². The van der Waals surface area contributed by atoms with E-state index in [-0.39, 0.29) is 18.1 Å². The predicted octanol–water partition coefficient (Wildman–Crippen LogP) is -0.614. The van der Waals surface area contributed by atoms with Gasteiger partial charge in [0.15, 0.2) is 0 Å². The van der Waals surface area contributed by atoms with E-state index < -0.39 is 10.0 Å². The predicted molar refractivity (Wildman–Crippen MR) is 69.1 cm³/mol. The number of sulfonamides is 1. The van der Waals surface area contributed by atoms with E-state index in [1.807, 2.05) is 0 Å². The summed E-state index contributed by atoms with van der Waals surface area (Å²) in [6.07, 6.45) is 0. The molecule has 0 aliphatic heterocycles. The molecule has 0 saturated heterocycles. The zero-order valence-electron chi connectivity index (χ0n) is 10.2. The van der Waals surface area contributed by atoms with Crippen molar-refractivity contribution in [2.75, 3.05) is 38.3 Å². The molecule has 0 amide bonds. The quantitative estimate of drug-likeness (QED) is 0.617. The number of aliphatic hydroxyl groups excluding tert-OH is 2. The van der Waals surface area contributed by atoms with E-state index in [2.05, 4.69) is 4.72 Å². The van der Waals surface area contributed by atoms with Crippen LogP contribution in [0.25, 0.3) is 0 Å². The van der Waals surface area contributed by atoms with Crippen LogP contribution in [-0.2, 0) is 10.0 Å². The number of nitrogens with zero attached hydrogens (tertiary/aromatic N) is 1. The Balaban J connectivity index is 2.93. The van der Waals surface area contributed by atoms with E-state index in [1.165, 1.54) is 19.2 Å². The Morgan fingerprint density at radius 2 is 1.61 bits per heavy atom. The fraction of sp³-hybridized carbons (Fsp3) is 0.455. The van der Waals surface area contributed by atoms with Crippen molar-refractivity contribution in [3.63, 3.8) is 0 Å². The number of anilines is 1. The maximum atomic E-state index is 11.5. The first-order valence-electron chi connectivity index (χ1n) is 5.55. The third kappa shape index (κ3) is 3.67. The summed E-state index contributed by atoms with van der Waals surface area (Å²) in [5.41, 5.74) is 0.758. The van der Waals surface area contributed by atoms with Gasteiger partial charge in [0.2, 0.25) is 10.0 Å². The molecule has 0 radical (unpaired) electrons. The molecule has 0 spiro atoms. The van der Waals surface area contributed by atoms with E-state index in [9.17, 15) is 8.42 Å². The molecule has 7 heteroatoms. The van der Waals surface area contributed by atoms with E-state index >= 15 is 0 Å². The van der Waals surface area contributed by atoms with Crippen molar-refractivity contribution < 1.29 is 18.6 Å². The Bertz CT molecular complexity index is 452. The lowest BCUT2D eigenvalue weighted by Gasteiger charge is -2.23. The molecule has 0 saturated carbocycles. The van der Waals surface area contributed by atoms with E-state index in [4.69, 9.17) is 10.2 Å². The largest absolute Gasteiger partial charge is 0.395 e. The minimum atomic E-state index is -3.43. The molecule has 1 aromatic carbocycles. The number of aliphatic hydroxyl groups is 2. The molecule has 0 heterocycles. The SMILES string of the molecule is CNS(=O)(=O)c1ccc(N(CCO)CCO)cc1. The summed E-state index contributed by atoms with van der Waals surface area (Å²) in [4.78, 5) is 1.96. The molecule has 0 unspecified atom stereocenters. The minimum Gasteiger partial charge on any atom is -0.395 e. The van der Waals surface area contributed by atoms with Gasteiger partial charge in [0.25, 0.3) is 0 Å². The molecule has 0 atom stereocenters. The van der Waals surface area contributed by atoms with E-state index in [1.54, 1.807) is 17.0 Å². The first-order chi connectivity index (χ1) is 8.55. The topological polar surface area (TPSA) is 89.9 Å². The molecule has 0 aromatic heterocycles. The molecule has 18 heavy (non-hydrogen) atoms. The molecular formula is C11H18N2O4S. The zero-order valence-corrected chi connectivity index (χ0v) is 11.0. The Morgan fingerprint density at radius 1 is 1.11 bits per heavy atom. The zero-order chi connectivity index (χ0) is 13.6. The van der Waals surface area contributed by atoms with Gasteiger partial charge in [0, 0.05) is 18.8 Å². The maximum Gasteiger partial charge on any atom is 0.240 e. The highest BCUT2D eigenvalue weighted by atomic mass is 32.2. The first-order valence-corrected chi connectivity index (χ1v) is 7.03. The fourth-order valence-corrected chi connectivity index (χ4v) is 2.30. The lowest BCUT2D eigenvalue weighted by Crippen LogP contribution is -2.29. The standard InChI is InChI=1S/C11H18N2O4S/c1-12-18(16,17)11-4-2-10(3-5-11)13(6-8-14)7-9-15/h2-5,12,14-15H,6-9H2,1H3. The smallest absolute Gasteiger partial charge is 0.240 e. The number of rotatable bonds is 7. The summed E-state index contributed by atoms with van der Waals surface area (Å²) in [6, 6.07) is 6.27. The molecule has 6 nitrogen and oxygen atoms in total. The van der Waals surface area contributed by atoms with Crippen LogP contribution in [0.5, 0.6) is 0 Å². The van der Waals surface area contributed by atoms with Gasteiger partial charge >= 0.3 is 0 Å². The molecule has 3 N–H and O–H groups in total. The Labute approximate surface area is 107 Å². The molecular weight excluding hydrogens is 256 g/mol. The van der Waals surface area contributed by atoms with Crippen LogP contribution in [0.4, 0.5) is 5.69 Å². The first kappa shape index (κ1) is 14.9. The monoisotopic (exact) mass is 274 g/mol. The second-order valence-electron chi connectivity index (χ2n) is 3.64. The van der Waals surface area contributed by atoms with Crippen LogP contribution in [-0.4, -0.2) is 52.0 Å². The number of hydrogen-bond donors (Lipinski definition) is 3. The average molecular weight is 274 g/mol. The summed E-state index contributed by atoms with van der Waals surface area (Å²) in [6.45, 7) is 0.713. The highest BCUT2D eigenvalue weighted by Crippen LogP contribution is 2.17. The van der Waals surface area contributed by atoms with Gasteiger partial charge in [-0.2, -0.15) is 0 Å². The highest BCUT2D eigenvalue weighted by Gasteiger charge is 2.12. The van der Waals surface area contributed by atoms with Crippen LogP contribution in [0.15, 0.2) is 29.2 Å². The van der Waals surface area contributed by atoms with Gasteiger partial charge in [-0.3, -0.25) is 0 Å². The van der Waals surface area contributed by atoms with Crippen molar-refractivity contribution in [2.45, 2.75) is 4.90 Å². The van der Waals surface area contributed by atoms with Crippen molar-refractivity contribution in [2.24, 2.45) is 0 Å². The normalized spacial score (nSPS) is 11.5. The Kier molecular flexibility index (Phi) is 5.54.